The first-order valence-corrected chi connectivity index (χ1v) is 15.7. The Kier molecular flexibility index (Phi) is 11.4. The van der Waals surface area contributed by atoms with Crippen molar-refractivity contribution in [2.24, 2.45) is 0 Å². The smallest absolute Gasteiger partial charge is 0.244 e. The molecule has 0 saturated carbocycles. The van der Waals surface area contributed by atoms with Gasteiger partial charge in [0.1, 0.15) is 24.1 Å². The number of amides is 2. The van der Waals surface area contributed by atoms with E-state index in [-0.39, 0.29) is 36.4 Å². The van der Waals surface area contributed by atoms with Crippen LogP contribution in [0.2, 0.25) is 0 Å². The summed E-state index contributed by atoms with van der Waals surface area (Å²) in [6.07, 6.45) is 2.01. The lowest BCUT2D eigenvalue weighted by molar-refractivity contribution is -0.140. The van der Waals surface area contributed by atoms with Crippen molar-refractivity contribution in [1.29, 1.82) is 0 Å². The highest BCUT2D eigenvalue weighted by Gasteiger charge is 2.34. The summed E-state index contributed by atoms with van der Waals surface area (Å²) in [6.45, 7) is 5.41. The van der Waals surface area contributed by atoms with E-state index in [0.717, 1.165) is 33.7 Å². The highest BCUT2D eigenvalue weighted by atomic mass is 32.2. The number of rotatable bonds is 14. The Balaban J connectivity index is 2.10. The van der Waals surface area contributed by atoms with Gasteiger partial charge in [0.15, 0.2) is 0 Å². The average molecular weight is 596 g/mol. The summed E-state index contributed by atoms with van der Waals surface area (Å²) in [5.41, 5.74) is 2.89. The SMILES string of the molecule is CC[C@@H](C)NC(=O)[C@@H](Cc1ccccc1)N(Cc1cccc(C)c1)C(=O)CN(c1ccc(OC)cc1OC)S(C)(=O)=O. The summed E-state index contributed by atoms with van der Waals surface area (Å²) in [5.74, 6) is -0.128. The lowest BCUT2D eigenvalue weighted by Gasteiger charge is -2.34. The molecule has 3 rings (SSSR count). The summed E-state index contributed by atoms with van der Waals surface area (Å²) < 4.78 is 37.9. The van der Waals surface area contributed by atoms with Gasteiger partial charge in [0.25, 0.3) is 0 Å². The third kappa shape index (κ3) is 8.72. The molecule has 0 aliphatic carbocycles. The van der Waals surface area contributed by atoms with Crippen LogP contribution >= 0.6 is 0 Å². The number of benzene rings is 3. The number of sulfonamides is 1. The van der Waals surface area contributed by atoms with E-state index in [2.05, 4.69) is 5.32 Å². The number of nitrogens with zero attached hydrogens (tertiary/aromatic N) is 2. The summed E-state index contributed by atoms with van der Waals surface area (Å²) in [4.78, 5) is 29.5. The monoisotopic (exact) mass is 595 g/mol. The Bertz CT molecular complexity index is 1460. The van der Waals surface area contributed by atoms with E-state index >= 15 is 0 Å². The fourth-order valence-electron chi connectivity index (χ4n) is 4.59. The standard InChI is InChI=1S/C32H41N3O6S/c1-7-24(3)33-32(37)29(19-25-13-9-8-10-14-25)34(21-26-15-11-12-23(2)18-26)31(36)22-35(42(6,38)39)28-17-16-27(40-4)20-30(28)41-5/h8-18,20,24,29H,7,19,21-22H2,1-6H3,(H,33,37)/t24-,29-/m1/s1. The van der Waals surface area contributed by atoms with Gasteiger partial charge < -0.3 is 19.7 Å². The minimum absolute atomic E-state index is 0.109. The zero-order valence-corrected chi connectivity index (χ0v) is 26.0. The first-order valence-electron chi connectivity index (χ1n) is 13.9. The maximum Gasteiger partial charge on any atom is 0.244 e. The summed E-state index contributed by atoms with van der Waals surface area (Å²) in [5, 5.41) is 3.03. The van der Waals surface area contributed by atoms with Gasteiger partial charge in [0.05, 0.1) is 26.2 Å². The molecule has 42 heavy (non-hydrogen) atoms. The first-order chi connectivity index (χ1) is 20.0. The van der Waals surface area contributed by atoms with Gasteiger partial charge in [-0.25, -0.2) is 8.42 Å². The van der Waals surface area contributed by atoms with E-state index in [1.807, 2.05) is 75.4 Å². The molecular weight excluding hydrogens is 554 g/mol. The molecule has 10 heteroatoms. The topological polar surface area (TPSA) is 105 Å². The molecular formula is C32H41N3O6S. The lowest BCUT2D eigenvalue weighted by Crippen LogP contribution is -2.54. The highest BCUT2D eigenvalue weighted by Crippen LogP contribution is 2.34. The van der Waals surface area contributed by atoms with E-state index < -0.39 is 28.5 Å². The Morgan fingerprint density at radius 2 is 1.62 bits per heavy atom. The van der Waals surface area contributed by atoms with Gasteiger partial charge in [-0.2, -0.15) is 0 Å². The van der Waals surface area contributed by atoms with Gasteiger partial charge in [-0.1, -0.05) is 67.1 Å². The second-order valence-corrected chi connectivity index (χ2v) is 12.2. The summed E-state index contributed by atoms with van der Waals surface area (Å²) in [7, 11) is -1.03. The largest absolute Gasteiger partial charge is 0.497 e. The molecule has 9 nitrogen and oxygen atoms in total. The zero-order chi connectivity index (χ0) is 30.9. The van der Waals surface area contributed by atoms with E-state index in [9.17, 15) is 18.0 Å². The molecule has 0 aliphatic heterocycles. The van der Waals surface area contributed by atoms with Crippen LogP contribution in [0.15, 0.2) is 72.8 Å². The molecule has 0 saturated heterocycles. The fraction of sp³-hybridized carbons (Fsp3) is 0.375. The second kappa shape index (κ2) is 14.7. The third-order valence-corrected chi connectivity index (χ3v) is 8.17. The van der Waals surface area contributed by atoms with Gasteiger partial charge in [-0.15, -0.1) is 0 Å². The molecule has 0 aliphatic rings. The first kappa shape index (κ1) is 32.5. The van der Waals surface area contributed by atoms with Gasteiger partial charge in [-0.3, -0.25) is 13.9 Å². The Morgan fingerprint density at radius 3 is 2.21 bits per heavy atom. The number of nitrogens with one attached hydrogen (secondary N) is 1. The predicted molar refractivity (Wildman–Crippen MR) is 165 cm³/mol. The number of methoxy groups -OCH3 is 2. The third-order valence-electron chi connectivity index (χ3n) is 7.04. The fourth-order valence-corrected chi connectivity index (χ4v) is 5.44. The highest BCUT2D eigenvalue weighted by molar-refractivity contribution is 7.92. The number of hydrogen-bond acceptors (Lipinski definition) is 6. The van der Waals surface area contributed by atoms with Gasteiger partial charge in [0, 0.05) is 25.1 Å². The van der Waals surface area contributed by atoms with Gasteiger partial charge in [0.2, 0.25) is 21.8 Å². The van der Waals surface area contributed by atoms with Crippen molar-refractivity contribution in [1.82, 2.24) is 10.2 Å². The zero-order valence-electron chi connectivity index (χ0n) is 25.2. The molecule has 2 atom stereocenters. The van der Waals surface area contributed by atoms with Crippen LogP contribution in [0.5, 0.6) is 11.5 Å². The second-order valence-electron chi connectivity index (χ2n) is 10.3. The average Bonchev–Trinajstić information content (AvgIpc) is 2.97. The molecule has 0 heterocycles. The molecule has 1 N–H and O–H groups in total. The number of ether oxygens (including phenoxy) is 2. The van der Waals surface area contributed by atoms with Gasteiger partial charge in [-0.05, 0) is 43.5 Å². The molecule has 0 fully saturated rings. The Hall–Kier alpha value is -4.05. The van der Waals surface area contributed by atoms with Crippen molar-refractivity contribution in [2.45, 2.75) is 52.2 Å². The minimum atomic E-state index is -3.94. The van der Waals surface area contributed by atoms with Crippen LogP contribution in [-0.4, -0.2) is 64.2 Å². The van der Waals surface area contributed by atoms with Crippen LogP contribution in [0, 0.1) is 6.92 Å². The van der Waals surface area contributed by atoms with Crippen LogP contribution in [0.3, 0.4) is 0 Å². The van der Waals surface area contributed by atoms with Crippen molar-refractivity contribution < 1.29 is 27.5 Å². The molecule has 0 radical (unpaired) electrons. The molecule has 226 valence electrons. The molecule has 2 amide bonds. The maximum absolute atomic E-state index is 14.3. The molecule has 0 bridgehead atoms. The van der Waals surface area contributed by atoms with E-state index in [1.54, 1.807) is 12.1 Å². The molecule has 0 unspecified atom stereocenters. The number of anilines is 1. The van der Waals surface area contributed by atoms with Crippen molar-refractivity contribution >= 4 is 27.5 Å². The molecule has 0 aromatic heterocycles. The Labute approximate surface area is 249 Å². The van der Waals surface area contributed by atoms with Crippen molar-refractivity contribution in [3.63, 3.8) is 0 Å². The summed E-state index contributed by atoms with van der Waals surface area (Å²) >= 11 is 0. The van der Waals surface area contributed by atoms with Crippen LogP contribution in [0.25, 0.3) is 0 Å². The normalized spacial score (nSPS) is 12.6. The van der Waals surface area contributed by atoms with E-state index in [4.69, 9.17) is 9.47 Å². The van der Waals surface area contributed by atoms with Gasteiger partial charge >= 0.3 is 0 Å². The molecule has 3 aromatic rings. The number of carbonyl (C=O) groups is 2. The summed E-state index contributed by atoms with van der Waals surface area (Å²) in [6, 6.07) is 20.8. The number of carbonyl (C=O) groups excluding carboxylic acids is 2. The van der Waals surface area contributed by atoms with Crippen molar-refractivity contribution in [2.75, 3.05) is 31.3 Å². The van der Waals surface area contributed by atoms with Crippen LogP contribution in [0.4, 0.5) is 5.69 Å². The quantitative estimate of drug-likeness (QED) is 0.298. The van der Waals surface area contributed by atoms with Crippen LogP contribution in [0.1, 0.15) is 37.0 Å². The number of aryl methyl sites for hydroxylation is 1. The number of hydrogen-bond donors (Lipinski definition) is 1. The van der Waals surface area contributed by atoms with Crippen LogP contribution in [-0.2, 0) is 32.6 Å². The lowest BCUT2D eigenvalue weighted by atomic mass is 10.0. The maximum atomic E-state index is 14.3. The molecule has 3 aromatic carbocycles. The van der Waals surface area contributed by atoms with Crippen molar-refractivity contribution in [3.8, 4) is 11.5 Å². The molecule has 0 spiro atoms. The minimum Gasteiger partial charge on any atom is -0.497 e. The predicted octanol–water partition coefficient (Wildman–Crippen LogP) is 4.33. The van der Waals surface area contributed by atoms with E-state index in [1.165, 1.54) is 25.2 Å². The van der Waals surface area contributed by atoms with Crippen molar-refractivity contribution in [3.05, 3.63) is 89.5 Å². The van der Waals surface area contributed by atoms with Crippen LogP contribution < -0.4 is 19.1 Å². The van der Waals surface area contributed by atoms with E-state index in [0.29, 0.717) is 5.75 Å². The Morgan fingerprint density at radius 1 is 0.929 bits per heavy atom.